The van der Waals surface area contributed by atoms with Gasteiger partial charge in [-0.25, -0.2) is 0 Å². The normalized spacial score (nSPS) is 12.1. The number of hydrogen-bond donors (Lipinski definition) is 4. The predicted octanol–water partition coefficient (Wildman–Crippen LogP) is -0.476. The molecule has 0 fully saturated rings. The Labute approximate surface area is 84.5 Å². The van der Waals surface area contributed by atoms with Crippen LogP contribution in [0.25, 0.3) is 0 Å². The smallest absolute Gasteiger partial charge is 0.0484 e. The Morgan fingerprint density at radius 1 is 0.643 bits per heavy atom. The molecule has 0 saturated carbocycles. The fraction of sp³-hybridized carbons (Fsp3) is 0.800. The molecule has 14 heavy (non-hydrogen) atoms. The molecule has 0 aromatic rings. The van der Waals surface area contributed by atoms with Crippen molar-refractivity contribution in [3.63, 3.8) is 0 Å². The van der Waals surface area contributed by atoms with Gasteiger partial charge in [0.05, 0.1) is 0 Å². The zero-order chi connectivity index (χ0) is 10.8. The van der Waals surface area contributed by atoms with Crippen molar-refractivity contribution in [3.05, 3.63) is 12.2 Å². The summed E-state index contributed by atoms with van der Waals surface area (Å²) in [5.41, 5.74) is 0. The summed E-state index contributed by atoms with van der Waals surface area (Å²) in [7, 11) is 0. The van der Waals surface area contributed by atoms with E-state index in [9.17, 15) is 0 Å². The summed E-state index contributed by atoms with van der Waals surface area (Å²) in [5.74, 6) is -0.207. The molecule has 0 heterocycles. The molecule has 0 aliphatic carbocycles. The third-order valence-corrected chi connectivity index (χ3v) is 2.14. The molecule has 0 unspecified atom stereocenters. The first-order valence-corrected chi connectivity index (χ1v) is 4.86. The Morgan fingerprint density at radius 3 is 1.14 bits per heavy atom. The Morgan fingerprint density at radius 2 is 0.929 bits per heavy atom. The monoisotopic (exact) mass is 204 g/mol. The van der Waals surface area contributed by atoms with Gasteiger partial charge in [-0.05, 0) is 12.8 Å². The molecule has 0 bridgehead atoms. The molecule has 0 atom stereocenters. The van der Waals surface area contributed by atoms with E-state index >= 15 is 0 Å². The lowest BCUT2D eigenvalue weighted by Gasteiger charge is -2.08. The Kier molecular flexibility index (Phi) is 8.87. The van der Waals surface area contributed by atoms with Crippen molar-refractivity contribution in [1.82, 2.24) is 0 Å². The molecule has 0 aliphatic rings. The van der Waals surface area contributed by atoms with Gasteiger partial charge in [0.25, 0.3) is 0 Å². The zero-order valence-electron chi connectivity index (χ0n) is 8.34. The van der Waals surface area contributed by atoms with Gasteiger partial charge in [-0.3, -0.25) is 0 Å². The first-order chi connectivity index (χ1) is 6.78. The number of aliphatic hydroxyl groups is 4. The van der Waals surface area contributed by atoms with Crippen molar-refractivity contribution in [2.75, 3.05) is 26.4 Å². The fourth-order valence-corrected chi connectivity index (χ4v) is 0.991. The lowest BCUT2D eigenvalue weighted by atomic mass is 10.0. The molecule has 0 spiro atoms. The molecule has 0 amide bonds. The largest absolute Gasteiger partial charge is 0.396 e. The number of hydrogen-bond acceptors (Lipinski definition) is 4. The van der Waals surface area contributed by atoms with E-state index in [0.29, 0.717) is 12.8 Å². The molecular weight excluding hydrogens is 184 g/mol. The third-order valence-electron chi connectivity index (χ3n) is 2.14. The third kappa shape index (κ3) is 6.10. The van der Waals surface area contributed by atoms with Gasteiger partial charge in [0.15, 0.2) is 0 Å². The van der Waals surface area contributed by atoms with Crippen LogP contribution in [0, 0.1) is 11.8 Å². The number of rotatable bonds is 8. The maximum absolute atomic E-state index is 8.75. The van der Waals surface area contributed by atoms with E-state index in [-0.39, 0.29) is 38.3 Å². The number of aliphatic hydroxyl groups excluding tert-OH is 4. The van der Waals surface area contributed by atoms with Crippen LogP contribution in [0.2, 0.25) is 0 Å². The van der Waals surface area contributed by atoms with E-state index in [1.807, 2.05) is 12.2 Å². The lowest BCUT2D eigenvalue weighted by molar-refractivity contribution is 0.149. The van der Waals surface area contributed by atoms with Gasteiger partial charge in [-0.2, -0.15) is 0 Å². The van der Waals surface area contributed by atoms with E-state index in [0.717, 1.165) is 0 Å². The minimum absolute atomic E-state index is 0.0235. The summed E-state index contributed by atoms with van der Waals surface area (Å²) >= 11 is 0. The standard InChI is InChI=1S/C10H20O4/c11-5-9(6-12)3-1-2-4-10(7-13)8-14/h1-2,9-14H,3-8H2/b2-1+. The topological polar surface area (TPSA) is 80.9 Å². The van der Waals surface area contributed by atoms with E-state index in [4.69, 9.17) is 20.4 Å². The van der Waals surface area contributed by atoms with Gasteiger partial charge in [-0.15, -0.1) is 0 Å². The molecule has 4 N–H and O–H groups in total. The second kappa shape index (κ2) is 9.15. The van der Waals surface area contributed by atoms with Crippen LogP contribution in [0.1, 0.15) is 12.8 Å². The maximum atomic E-state index is 8.75. The van der Waals surface area contributed by atoms with Crippen LogP contribution in [0.3, 0.4) is 0 Å². The van der Waals surface area contributed by atoms with Crippen LogP contribution < -0.4 is 0 Å². The Bertz CT molecular complexity index is 123. The summed E-state index contributed by atoms with van der Waals surface area (Å²) in [6.07, 6.45) is 4.96. The van der Waals surface area contributed by atoms with Crippen molar-refractivity contribution in [1.29, 1.82) is 0 Å². The summed E-state index contributed by atoms with van der Waals surface area (Å²) in [5, 5.41) is 35.0. The van der Waals surface area contributed by atoms with Crippen LogP contribution in [0.4, 0.5) is 0 Å². The zero-order valence-corrected chi connectivity index (χ0v) is 8.34. The van der Waals surface area contributed by atoms with Gasteiger partial charge >= 0.3 is 0 Å². The van der Waals surface area contributed by atoms with Crippen molar-refractivity contribution in [2.45, 2.75) is 12.8 Å². The van der Waals surface area contributed by atoms with Gasteiger partial charge in [0, 0.05) is 38.3 Å². The molecule has 0 aromatic carbocycles. The van der Waals surface area contributed by atoms with E-state index in [2.05, 4.69) is 0 Å². The quantitative estimate of drug-likeness (QED) is 0.403. The van der Waals surface area contributed by atoms with Crippen LogP contribution in [-0.2, 0) is 0 Å². The van der Waals surface area contributed by atoms with E-state index in [1.165, 1.54) is 0 Å². The van der Waals surface area contributed by atoms with Crippen molar-refractivity contribution >= 4 is 0 Å². The SMILES string of the molecule is OCC(CO)C/C=C/CC(CO)CO. The average molecular weight is 204 g/mol. The van der Waals surface area contributed by atoms with Crippen LogP contribution in [0.5, 0.6) is 0 Å². The van der Waals surface area contributed by atoms with Crippen molar-refractivity contribution in [3.8, 4) is 0 Å². The second-order valence-electron chi connectivity index (χ2n) is 3.41. The molecule has 0 aliphatic heterocycles. The molecule has 0 rings (SSSR count). The molecule has 0 aromatic heterocycles. The predicted molar refractivity (Wildman–Crippen MR) is 53.7 cm³/mol. The van der Waals surface area contributed by atoms with E-state index in [1.54, 1.807) is 0 Å². The molecule has 4 heteroatoms. The van der Waals surface area contributed by atoms with Crippen molar-refractivity contribution in [2.24, 2.45) is 11.8 Å². The van der Waals surface area contributed by atoms with Gasteiger partial charge in [0.2, 0.25) is 0 Å². The molecule has 0 radical (unpaired) electrons. The van der Waals surface area contributed by atoms with E-state index < -0.39 is 0 Å². The Hall–Kier alpha value is -0.420. The van der Waals surface area contributed by atoms with Crippen LogP contribution >= 0.6 is 0 Å². The van der Waals surface area contributed by atoms with Gasteiger partial charge in [-0.1, -0.05) is 12.2 Å². The fourth-order valence-electron chi connectivity index (χ4n) is 0.991. The minimum Gasteiger partial charge on any atom is -0.396 e. The summed E-state index contributed by atoms with van der Waals surface area (Å²) in [4.78, 5) is 0. The highest BCUT2D eigenvalue weighted by atomic mass is 16.3. The molecular formula is C10H20O4. The van der Waals surface area contributed by atoms with Crippen LogP contribution in [-0.4, -0.2) is 46.9 Å². The highest BCUT2D eigenvalue weighted by Crippen LogP contribution is 2.05. The van der Waals surface area contributed by atoms with Gasteiger partial charge in [0.1, 0.15) is 0 Å². The Balaban J connectivity index is 3.61. The average Bonchev–Trinajstić information content (AvgIpc) is 2.24. The molecule has 84 valence electrons. The van der Waals surface area contributed by atoms with Crippen molar-refractivity contribution < 1.29 is 20.4 Å². The maximum Gasteiger partial charge on any atom is 0.0484 e. The highest BCUT2D eigenvalue weighted by Gasteiger charge is 2.04. The minimum atomic E-state index is -0.104. The van der Waals surface area contributed by atoms with Gasteiger partial charge < -0.3 is 20.4 Å². The summed E-state index contributed by atoms with van der Waals surface area (Å²) < 4.78 is 0. The molecule has 0 saturated heterocycles. The summed E-state index contributed by atoms with van der Waals surface area (Å²) in [6, 6.07) is 0. The molecule has 4 nitrogen and oxygen atoms in total. The van der Waals surface area contributed by atoms with Crippen LogP contribution in [0.15, 0.2) is 12.2 Å². The first-order valence-electron chi connectivity index (χ1n) is 4.86. The second-order valence-corrected chi connectivity index (χ2v) is 3.41. The number of allylic oxidation sites excluding steroid dienone is 2. The lowest BCUT2D eigenvalue weighted by Crippen LogP contribution is -2.10. The summed E-state index contributed by atoms with van der Waals surface area (Å²) in [6.45, 7) is -0.0942. The first kappa shape index (κ1) is 13.6. The highest BCUT2D eigenvalue weighted by molar-refractivity contribution is 4.85.